The molecular weight excluding hydrogens is 432 g/mol. The highest BCUT2D eigenvalue weighted by Crippen LogP contribution is 2.31. The molecule has 5 aromatic rings. The molecule has 0 radical (unpaired) electrons. The summed E-state index contributed by atoms with van der Waals surface area (Å²) in [5.74, 6) is 1.19. The van der Waals surface area contributed by atoms with Crippen molar-refractivity contribution in [2.75, 3.05) is 13.1 Å². The maximum atomic E-state index is 13.4. The molecule has 1 saturated heterocycles. The van der Waals surface area contributed by atoms with Crippen LogP contribution in [-0.4, -0.2) is 38.4 Å². The maximum Gasteiger partial charge on any atom is 0.270 e. The van der Waals surface area contributed by atoms with Crippen LogP contribution >= 0.6 is 0 Å². The molecule has 1 aliphatic rings. The summed E-state index contributed by atoms with van der Waals surface area (Å²) >= 11 is 0. The Morgan fingerprint density at radius 1 is 0.971 bits per heavy atom. The number of piperidine rings is 1. The topological polar surface area (TPSA) is 53.9 Å². The lowest BCUT2D eigenvalue weighted by atomic mass is 10.0. The van der Waals surface area contributed by atoms with E-state index in [1.54, 1.807) is 0 Å². The van der Waals surface area contributed by atoms with Gasteiger partial charge in [0.05, 0.1) is 11.0 Å². The Labute approximate surface area is 205 Å². The van der Waals surface area contributed by atoms with Gasteiger partial charge in [0.2, 0.25) is 0 Å². The Bertz CT molecular complexity index is 1520. The maximum absolute atomic E-state index is 13.4. The van der Waals surface area contributed by atoms with Gasteiger partial charge in [-0.25, -0.2) is 4.98 Å². The Balaban J connectivity index is 1.24. The standard InChI is InChI=1S/C30H30N4O/c1-20-16-21(2)24-19-27(31-26(24)17-20)30(35)33-14-12-23(13-15-33)34-28-11-7-6-10-25(28)32-29(34)18-22-8-4-3-5-9-22/h3-11,16-17,19,23,31H,12-15,18H2,1-2H3. The molecule has 1 N–H and O–H groups in total. The Hall–Kier alpha value is -3.86. The van der Waals surface area contributed by atoms with E-state index in [2.05, 4.69) is 90.1 Å². The van der Waals surface area contributed by atoms with Crippen molar-refractivity contribution in [1.29, 1.82) is 0 Å². The first-order valence-corrected chi connectivity index (χ1v) is 12.5. The smallest absolute Gasteiger partial charge is 0.270 e. The molecule has 0 saturated carbocycles. The quantitative estimate of drug-likeness (QED) is 0.346. The van der Waals surface area contributed by atoms with Gasteiger partial charge in [0.1, 0.15) is 11.5 Å². The van der Waals surface area contributed by atoms with Crippen LogP contribution in [0.2, 0.25) is 0 Å². The minimum Gasteiger partial charge on any atom is -0.351 e. The summed E-state index contributed by atoms with van der Waals surface area (Å²) in [5.41, 5.74) is 7.62. The van der Waals surface area contributed by atoms with Crippen molar-refractivity contribution in [1.82, 2.24) is 19.4 Å². The number of fused-ring (bicyclic) bond motifs is 2. The van der Waals surface area contributed by atoms with E-state index < -0.39 is 0 Å². The molecule has 3 aromatic carbocycles. The van der Waals surface area contributed by atoms with Crippen LogP contribution in [0.1, 0.15) is 51.9 Å². The molecule has 5 heteroatoms. The third kappa shape index (κ3) is 4.01. The van der Waals surface area contributed by atoms with Crippen molar-refractivity contribution in [3.63, 3.8) is 0 Å². The first kappa shape index (κ1) is 21.7. The highest BCUT2D eigenvalue weighted by molar-refractivity contribution is 5.99. The molecule has 176 valence electrons. The third-order valence-electron chi connectivity index (χ3n) is 7.31. The van der Waals surface area contributed by atoms with Crippen LogP contribution in [0, 0.1) is 13.8 Å². The van der Waals surface area contributed by atoms with Gasteiger partial charge in [-0.1, -0.05) is 48.5 Å². The molecule has 1 aliphatic heterocycles. The predicted molar refractivity (Wildman–Crippen MR) is 141 cm³/mol. The van der Waals surface area contributed by atoms with Gasteiger partial charge in [-0.3, -0.25) is 4.79 Å². The summed E-state index contributed by atoms with van der Waals surface area (Å²) in [4.78, 5) is 23.7. The predicted octanol–water partition coefficient (Wildman–Crippen LogP) is 6.20. The van der Waals surface area contributed by atoms with E-state index >= 15 is 0 Å². The molecule has 0 spiro atoms. The lowest BCUT2D eigenvalue weighted by Gasteiger charge is -2.33. The molecule has 35 heavy (non-hydrogen) atoms. The average Bonchev–Trinajstić information content (AvgIpc) is 3.46. The monoisotopic (exact) mass is 462 g/mol. The molecule has 5 nitrogen and oxygen atoms in total. The van der Waals surface area contributed by atoms with E-state index in [9.17, 15) is 4.79 Å². The van der Waals surface area contributed by atoms with Crippen LogP contribution in [-0.2, 0) is 6.42 Å². The number of carbonyl (C=O) groups excluding carboxylic acids is 1. The van der Waals surface area contributed by atoms with E-state index in [-0.39, 0.29) is 5.91 Å². The fourth-order valence-electron chi connectivity index (χ4n) is 5.62. The average molecular weight is 463 g/mol. The molecule has 2 aromatic heterocycles. The normalized spacial score (nSPS) is 14.7. The second-order valence-corrected chi connectivity index (χ2v) is 9.80. The zero-order valence-corrected chi connectivity index (χ0v) is 20.3. The van der Waals surface area contributed by atoms with Gasteiger partial charge in [-0.2, -0.15) is 0 Å². The number of aromatic amines is 1. The molecule has 3 heterocycles. The number of nitrogens with zero attached hydrogens (tertiary/aromatic N) is 3. The van der Waals surface area contributed by atoms with Crippen LogP contribution in [0.3, 0.4) is 0 Å². The Morgan fingerprint density at radius 2 is 1.71 bits per heavy atom. The summed E-state index contributed by atoms with van der Waals surface area (Å²) < 4.78 is 2.43. The van der Waals surface area contributed by atoms with E-state index in [1.165, 1.54) is 22.2 Å². The number of imidazole rings is 1. The summed E-state index contributed by atoms with van der Waals surface area (Å²) in [5, 5.41) is 1.13. The number of benzene rings is 3. The van der Waals surface area contributed by atoms with E-state index in [0.717, 1.165) is 54.6 Å². The number of para-hydroxylation sites is 2. The van der Waals surface area contributed by atoms with Crippen LogP contribution < -0.4 is 0 Å². The van der Waals surface area contributed by atoms with Crippen molar-refractivity contribution in [3.8, 4) is 0 Å². The second-order valence-electron chi connectivity index (χ2n) is 9.80. The zero-order valence-electron chi connectivity index (χ0n) is 20.3. The van der Waals surface area contributed by atoms with Gasteiger partial charge in [-0.05, 0) is 67.6 Å². The second kappa shape index (κ2) is 8.73. The number of aromatic nitrogens is 3. The molecule has 0 unspecified atom stereocenters. The molecule has 1 fully saturated rings. The van der Waals surface area contributed by atoms with Crippen LogP contribution in [0.5, 0.6) is 0 Å². The fraction of sp³-hybridized carbons (Fsp3) is 0.267. The summed E-state index contributed by atoms with van der Waals surface area (Å²) in [7, 11) is 0. The van der Waals surface area contributed by atoms with E-state index in [4.69, 9.17) is 4.98 Å². The van der Waals surface area contributed by atoms with Gasteiger partial charge in [0.15, 0.2) is 0 Å². The number of carbonyl (C=O) groups is 1. The Kier molecular flexibility index (Phi) is 5.40. The van der Waals surface area contributed by atoms with Gasteiger partial charge < -0.3 is 14.5 Å². The minimum atomic E-state index is 0.0942. The fourth-order valence-corrected chi connectivity index (χ4v) is 5.62. The van der Waals surface area contributed by atoms with E-state index in [1.807, 2.05) is 11.0 Å². The number of rotatable bonds is 4. The third-order valence-corrected chi connectivity index (χ3v) is 7.31. The first-order valence-electron chi connectivity index (χ1n) is 12.5. The molecule has 1 amide bonds. The number of amides is 1. The lowest BCUT2D eigenvalue weighted by molar-refractivity contribution is 0.0690. The molecule has 0 aliphatic carbocycles. The minimum absolute atomic E-state index is 0.0942. The van der Waals surface area contributed by atoms with Crippen LogP contribution in [0.4, 0.5) is 0 Å². The Morgan fingerprint density at radius 3 is 2.51 bits per heavy atom. The highest BCUT2D eigenvalue weighted by Gasteiger charge is 2.28. The molecule has 6 rings (SSSR count). The van der Waals surface area contributed by atoms with Crippen LogP contribution in [0.15, 0.2) is 72.8 Å². The SMILES string of the molecule is Cc1cc(C)c2cc(C(=O)N3CCC(n4c(Cc5ccccc5)nc5ccccc54)CC3)[nH]c2c1. The van der Waals surface area contributed by atoms with Crippen molar-refractivity contribution in [2.24, 2.45) is 0 Å². The van der Waals surface area contributed by atoms with Crippen molar-refractivity contribution in [3.05, 3.63) is 101 Å². The molecule has 0 atom stereocenters. The number of hydrogen-bond acceptors (Lipinski definition) is 2. The molecule has 0 bridgehead atoms. The largest absolute Gasteiger partial charge is 0.351 e. The van der Waals surface area contributed by atoms with Gasteiger partial charge in [0, 0.05) is 36.5 Å². The highest BCUT2D eigenvalue weighted by atomic mass is 16.2. The lowest BCUT2D eigenvalue weighted by Crippen LogP contribution is -2.39. The van der Waals surface area contributed by atoms with Crippen LogP contribution in [0.25, 0.3) is 21.9 Å². The first-order chi connectivity index (χ1) is 17.1. The van der Waals surface area contributed by atoms with Gasteiger partial charge >= 0.3 is 0 Å². The number of likely N-dealkylation sites (tertiary alicyclic amines) is 1. The van der Waals surface area contributed by atoms with E-state index in [0.29, 0.717) is 11.7 Å². The number of H-pyrrole nitrogens is 1. The van der Waals surface area contributed by atoms with Gasteiger partial charge in [0.25, 0.3) is 5.91 Å². The summed E-state index contributed by atoms with van der Waals surface area (Å²) in [6.45, 7) is 5.68. The van der Waals surface area contributed by atoms with Gasteiger partial charge in [-0.15, -0.1) is 0 Å². The van der Waals surface area contributed by atoms with Crippen molar-refractivity contribution < 1.29 is 4.79 Å². The van der Waals surface area contributed by atoms with Crippen molar-refractivity contribution in [2.45, 2.75) is 39.2 Å². The summed E-state index contributed by atoms with van der Waals surface area (Å²) in [6.07, 6.45) is 2.65. The number of hydrogen-bond donors (Lipinski definition) is 1. The molecular formula is C30H30N4O. The number of aryl methyl sites for hydroxylation is 2. The summed E-state index contributed by atoms with van der Waals surface area (Å²) in [6, 6.07) is 25.6. The zero-order chi connectivity index (χ0) is 23.9. The van der Waals surface area contributed by atoms with Crippen molar-refractivity contribution >= 4 is 27.8 Å². The number of nitrogens with one attached hydrogen (secondary N) is 1.